The van der Waals surface area contributed by atoms with E-state index in [9.17, 15) is 0 Å². The number of hydrogen-bond acceptors (Lipinski definition) is 4. The standard InChI is InChI=1S/C13H11N5S/c19-13-17-16-12(10-5-2-1-3-6-10)18(13)9-11-7-4-8-14-15-11/h1-8H,9H2,(H,17,19). The lowest BCUT2D eigenvalue weighted by Crippen LogP contribution is -2.04. The molecule has 1 aromatic carbocycles. The minimum atomic E-state index is 0.549. The lowest BCUT2D eigenvalue weighted by atomic mass is 10.2. The lowest BCUT2D eigenvalue weighted by molar-refractivity contribution is 0.747. The van der Waals surface area contributed by atoms with Crippen molar-refractivity contribution in [3.8, 4) is 11.4 Å². The zero-order valence-electron chi connectivity index (χ0n) is 10.0. The monoisotopic (exact) mass is 269 g/mol. The Balaban J connectivity index is 2.03. The van der Waals surface area contributed by atoms with Crippen LogP contribution in [-0.2, 0) is 6.54 Å². The molecule has 3 rings (SSSR count). The third-order valence-corrected chi connectivity index (χ3v) is 3.05. The lowest BCUT2D eigenvalue weighted by Gasteiger charge is -2.05. The summed E-state index contributed by atoms with van der Waals surface area (Å²) in [6.45, 7) is 0.549. The number of nitrogens with one attached hydrogen (secondary N) is 1. The second-order valence-electron chi connectivity index (χ2n) is 4.02. The number of nitrogens with zero attached hydrogens (tertiary/aromatic N) is 4. The quantitative estimate of drug-likeness (QED) is 0.742. The topological polar surface area (TPSA) is 59.4 Å². The van der Waals surface area contributed by atoms with Crippen LogP contribution in [0.5, 0.6) is 0 Å². The maximum Gasteiger partial charge on any atom is 0.195 e. The summed E-state index contributed by atoms with van der Waals surface area (Å²) in [6.07, 6.45) is 1.65. The van der Waals surface area contributed by atoms with Gasteiger partial charge < -0.3 is 0 Å². The SMILES string of the molecule is S=c1[nH]nc(-c2ccccc2)n1Cc1cccnn1. The van der Waals surface area contributed by atoms with E-state index in [1.54, 1.807) is 6.20 Å². The average molecular weight is 269 g/mol. The summed E-state index contributed by atoms with van der Waals surface area (Å²) in [5, 5.41) is 15.0. The highest BCUT2D eigenvalue weighted by molar-refractivity contribution is 7.71. The van der Waals surface area contributed by atoms with Gasteiger partial charge in [-0.25, -0.2) is 0 Å². The Hall–Kier alpha value is -2.34. The van der Waals surface area contributed by atoms with Crippen LogP contribution in [0.2, 0.25) is 0 Å². The van der Waals surface area contributed by atoms with E-state index in [0.717, 1.165) is 17.1 Å². The van der Waals surface area contributed by atoms with E-state index in [-0.39, 0.29) is 0 Å². The largest absolute Gasteiger partial charge is 0.294 e. The van der Waals surface area contributed by atoms with Crippen molar-refractivity contribution in [1.82, 2.24) is 25.0 Å². The molecule has 0 saturated heterocycles. The fraction of sp³-hybridized carbons (Fsp3) is 0.0769. The van der Waals surface area contributed by atoms with Gasteiger partial charge in [-0.3, -0.25) is 9.67 Å². The summed E-state index contributed by atoms with van der Waals surface area (Å²) in [6, 6.07) is 13.7. The zero-order valence-corrected chi connectivity index (χ0v) is 10.8. The molecule has 0 aliphatic rings. The van der Waals surface area contributed by atoms with Crippen molar-refractivity contribution in [1.29, 1.82) is 0 Å². The van der Waals surface area contributed by atoms with Gasteiger partial charge in [-0.1, -0.05) is 30.3 Å². The number of benzene rings is 1. The van der Waals surface area contributed by atoms with Crippen molar-refractivity contribution in [2.75, 3.05) is 0 Å². The van der Waals surface area contributed by atoms with Gasteiger partial charge in [-0.2, -0.15) is 15.3 Å². The number of H-pyrrole nitrogens is 1. The van der Waals surface area contributed by atoms with Gasteiger partial charge >= 0.3 is 0 Å². The van der Waals surface area contributed by atoms with Crippen LogP contribution in [0.1, 0.15) is 5.69 Å². The molecule has 0 spiro atoms. The Morgan fingerprint density at radius 3 is 2.68 bits per heavy atom. The fourth-order valence-electron chi connectivity index (χ4n) is 1.85. The number of aromatic nitrogens is 5. The molecule has 0 atom stereocenters. The first kappa shape index (κ1) is 11.7. The van der Waals surface area contributed by atoms with Crippen LogP contribution < -0.4 is 0 Å². The van der Waals surface area contributed by atoms with Crippen molar-refractivity contribution in [2.45, 2.75) is 6.54 Å². The summed E-state index contributed by atoms with van der Waals surface area (Å²) in [7, 11) is 0. The normalized spacial score (nSPS) is 10.5. The van der Waals surface area contributed by atoms with Crippen LogP contribution in [0.15, 0.2) is 48.7 Å². The van der Waals surface area contributed by atoms with E-state index in [4.69, 9.17) is 12.2 Å². The molecule has 0 amide bonds. The zero-order chi connectivity index (χ0) is 13.1. The van der Waals surface area contributed by atoms with Crippen LogP contribution in [0.3, 0.4) is 0 Å². The Bertz CT molecular complexity index is 718. The van der Waals surface area contributed by atoms with Gasteiger partial charge in [0.05, 0.1) is 12.2 Å². The van der Waals surface area contributed by atoms with Gasteiger partial charge in [0, 0.05) is 11.8 Å². The smallest absolute Gasteiger partial charge is 0.195 e. The molecule has 3 aromatic rings. The van der Waals surface area contributed by atoms with Gasteiger partial charge in [-0.05, 0) is 24.4 Å². The molecule has 0 radical (unpaired) electrons. The molecule has 94 valence electrons. The number of hydrogen-bond donors (Lipinski definition) is 1. The molecule has 1 N–H and O–H groups in total. The predicted octanol–water partition coefficient (Wildman–Crippen LogP) is 2.45. The molecule has 0 aliphatic heterocycles. The van der Waals surface area contributed by atoms with E-state index >= 15 is 0 Å². The predicted molar refractivity (Wildman–Crippen MR) is 74.0 cm³/mol. The van der Waals surface area contributed by atoms with Crippen LogP contribution in [-0.4, -0.2) is 25.0 Å². The van der Waals surface area contributed by atoms with E-state index in [2.05, 4.69) is 20.4 Å². The molecule has 2 aromatic heterocycles. The van der Waals surface area contributed by atoms with Crippen molar-refractivity contribution < 1.29 is 0 Å². The highest BCUT2D eigenvalue weighted by Gasteiger charge is 2.09. The molecular formula is C13H11N5S. The molecule has 19 heavy (non-hydrogen) atoms. The van der Waals surface area contributed by atoms with Gasteiger partial charge in [0.15, 0.2) is 10.6 Å². The first-order chi connectivity index (χ1) is 9.34. The Morgan fingerprint density at radius 1 is 1.11 bits per heavy atom. The number of rotatable bonds is 3. The summed E-state index contributed by atoms with van der Waals surface area (Å²) in [4.78, 5) is 0. The van der Waals surface area contributed by atoms with Crippen molar-refractivity contribution in [3.05, 3.63) is 59.1 Å². The summed E-state index contributed by atoms with van der Waals surface area (Å²) in [5.41, 5.74) is 1.86. The number of aromatic amines is 1. The van der Waals surface area contributed by atoms with Gasteiger partial charge in [0.2, 0.25) is 0 Å². The average Bonchev–Trinajstić information content (AvgIpc) is 2.82. The maximum absolute atomic E-state index is 5.27. The van der Waals surface area contributed by atoms with E-state index in [1.807, 2.05) is 47.0 Å². The highest BCUT2D eigenvalue weighted by Crippen LogP contribution is 2.17. The second-order valence-corrected chi connectivity index (χ2v) is 4.41. The molecule has 0 aliphatic carbocycles. The van der Waals surface area contributed by atoms with Crippen molar-refractivity contribution >= 4 is 12.2 Å². The van der Waals surface area contributed by atoms with Crippen molar-refractivity contribution in [3.63, 3.8) is 0 Å². The fourth-order valence-corrected chi connectivity index (χ4v) is 2.05. The minimum absolute atomic E-state index is 0.549. The molecule has 5 nitrogen and oxygen atoms in total. The molecule has 2 heterocycles. The summed E-state index contributed by atoms with van der Waals surface area (Å²) in [5.74, 6) is 0.802. The Kier molecular flexibility index (Phi) is 3.16. The molecular weight excluding hydrogens is 258 g/mol. The molecule has 0 saturated carbocycles. The molecule has 0 fully saturated rings. The maximum atomic E-state index is 5.27. The second kappa shape index (κ2) is 5.11. The summed E-state index contributed by atoms with van der Waals surface area (Å²) >= 11 is 5.27. The van der Waals surface area contributed by atoms with Gasteiger partial charge in [0.25, 0.3) is 0 Å². The highest BCUT2D eigenvalue weighted by atomic mass is 32.1. The van der Waals surface area contributed by atoms with E-state index in [0.29, 0.717) is 11.3 Å². The van der Waals surface area contributed by atoms with Crippen LogP contribution in [0.4, 0.5) is 0 Å². The Morgan fingerprint density at radius 2 is 1.95 bits per heavy atom. The van der Waals surface area contributed by atoms with E-state index < -0.39 is 0 Å². The molecule has 0 bridgehead atoms. The van der Waals surface area contributed by atoms with E-state index in [1.165, 1.54) is 0 Å². The third-order valence-electron chi connectivity index (χ3n) is 2.74. The van der Waals surface area contributed by atoms with Gasteiger partial charge in [-0.15, -0.1) is 0 Å². The first-order valence-electron chi connectivity index (χ1n) is 5.82. The van der Waals surface area contributed by atoms with Crippen LogP contribution >= 0.6 is 12.2 Å². The molecule has 6 heteroatoms. The third kappa shape index (κ3) is 2.43. The molecule has 0 unspecified atom stereocenters. The van der Waals surface area contributed by atoms with Crippen LogP contribution in [0, 0.1) is 4.77 Å². The Labute approximate surface area is 115 Å². The van der Waals surface area contributed by atoms with Gasteiger partial charge in [0.1, 0.15) is 0 Å². The van der Waals surface area contributed by atoms with Crippen molar-refractivity contribution in [2.24, 2.45) is 0 Å². The first-order valence-corrected chi connectivity index (χ1v) is 6.22. The van der Waals surface area contributed by atoms with Crippen LogP contribution in [0.25, 0.3) is 11.4 Å². The minimum Gasteiger partial charge on any atom is -0.294 e. The summed E-state index contributed by atoms with van der Waals surface area (Å²) < 4.78 is 2.49.